The maximum atomic E-state index is 10.8. The van der Waals surface area contributed by atoms with Crippen molar-refractivity contribution in [1.29, 1.82) is 0 Å². The molecule has 1 heterocycles. The van der Waals surface area contributed by atoms with Gasteiger partial charge >= 0.3 is 5.97 Å². The number of hydrogen-bond acceptors (Lipinski definition) is 3. The summed E-state index contributed by atoms with van der Waals surface area (Å²) in [7, 11) is 0. The second-order valence-corrected chi connectivity index (χ2v) is 6.63. The third kappa shape index (κ3) is 3.70. The SMILES string of the molecule is CC(=O)OCCN1C(C)(C)CC(C)CC1(C)C. The van der Waals surface area contributed by atoms with Gasteiger partial charge in [-0.2, -0.15) is 0 Å². The Morgan fingerprint density at radius 3 is 2.12 bits per heavy atom. The molecule has 1 aliphatic rings. The van der Waals surface area contributed by atoms with E-state index in [2.05, 4.69) is 39.5 Å². The molecule has 1 rings (SSSR count). The van der Waals surface area contributed by atoms with E-state index in [4.69, 9.17) is 4.74 Å². The van der Waals surface area contributed by atoms with Crippen LogP contribution in [0.15, 0.2) is 0 Å². The van der Waals surface area contributed by atoms with E-state index in [1.54, 1.807) is 0 Å². The van der Waals surface area contributed by atoms with Gasteiger partial charge in [0.25, 0.3) is 0 Å². The van der Waals surface area contributed by atoms with Gasteiger partial charge < -0.3 is 4.74 Å². The van der Waals surface area contributed by atoms with Crippen molar-refractivity contribution in [3.63, 3.8) is 0 Å². The first-order chi connectivity index (χ1) is 7.65. The minimum absolute atomic E-state index is 0.182. The van der Waals surface area contributed by atoms with Gasteiger partial charge in [-0.3, -0.25) is 9.69 Å². The van der Waals surface area contributed by atoms with Gasteiger partial charge in [0.05, 0.1) is 0 Å². The van der Waals surface area contributed by atoms with Crippen molar-refractivity contribution in [2.45, 2.75) is 65.5 Å². The summed E-state index contributed by atoms with van der Waals surface area (Å²) >= 11 is 0. The maximum Gasteiger partial charge on any atom is 0.302 e. The van der Waals surface area contributed by atoms with Gasteiger partial charge in [-0.05, 0) is 46.5 Å². The second-order valence-electron chi connectivity index (χ2n) is 6.63. The Hall–Kier alpha value is -0.570. The first-order valence-corrected chi connectivity index (χ1v) is 6.56. The summed E-state index contributed by atoms with van der Waals surface area (Å²) in [5.41, 5.74) is 0.364. The number of esters is 1. The summed E-state index contributed by atoms with van der Waals surface area (Å²) in [6.45, 7) is 14.3. The van der Waals surface area contributed by atoms with E-state index in [0.717, 1.165) is 12.5 Å². The van der Waals surface area contributed by atoms with Gasteiger partial charge in [0.2, 0.25) is 0 Å². The molecule has 0 aliphatic carbocycles. The molecule has 17 heavy (non-hydrogen) atoms. The van der Waals surface area contributed by atoms with Crippen molar-refractivity contribution < 1.29 is 9.53 Å². The molecule has 3 heteroatoms. The van der Waals surface area contributed by atoms with E-state index in [1.165, 1.54) is 19.8 Å². The highest BCUT2D eigenvalue weighted by atomic mass is 16.5. The number of carbonyl (C=O) groups excluding carboxylic acids is 1. The predicted octanol–water partition coefficient (Wildman–Crippen LogP) is 2.84. The van der Waals surface area contributed by atoms with Crippen molar-refractivity contribution in [2.24, 2.45) is 5.92 Å². The lowest BCUT2D eigenvalue weighted by Crippen LogP contribution is -2.61. The molecular weight excluding hydrogens is 214 g/mol. The zero-order chi connectivity index (χ0) is 13.3. The molecule has 3 nitrogen and oxygen atoms in total. The molecule has 0 radical (unpaired) electrons. The normalized spacial score (nSPS) is 24.6. The Morgan fingerprint density at radius 2 is 1.71 bits per heavy atom. The van der Waals surface area contributed by atoms with Gasteiger partial charge in [0, 0.05) is 24.5 Å². The highest BCUT2D eigenvalue weighted by Crippen LogP contribution is 2.40. The molecule has 0 aromatic heterocycles. The third-order valence-corrected chi connectivity index (χ3v) is 3.78. The molecule has 1 fully saturated rings. The molecule has 0 bridgehead atoms. The zero-order valence-electron chi connectivity index (χ0n) is 12.2. The smallest absolute Gasteiger partial charge is 0.302 e. The number of hydrogen-bond donors (Lipinski definition) is 0. The van der Waals surface area contributed by atoms with E-state index in [-0.39, 0.29) is 17.0 Å². The molecule has 0 N–H and O–H groups in total. The standard InChI is InChI=1S/C14H27NO2/c1-11-9-13(3,4)15(14(5,6)10-11)7-8-17-12(2)16/h11H,7-10H2,1-6H3. The van der Waals surface area contributed by atoms with Crippen LogP contribution in [0.5, 0.6) is 0 Å². The molecule has 0 spiro atoms. The number of ether oxygens (including phenoxy) is 1. The number of likely N-dealkylation sites (tertiary alicyclic amines) is 1. The van der Waals surface area contributed by atoms with E-state index in [1.807, 2.05) is 0 Å². The summed E-state index contributed by atoms with van der Waals surface area (Å²) in [4.78, 5) is 13.3. The van der Waals surface area contributed by atoms with Crippen molar-refractivity contribution in [2.75, 3.05) is 13.2 Å². The van der Waals surface area contributed by atoms with Gasteiger partial charge in [0.15, 0.2) is 0 Å². The van der Waals surface area contributed by atoms with Crippen molar-refractivity contribution in [3.05, 3.63) is 0 Å². The summed E-state index contributed by atoms with van der Waals surface area (Å²) < 4.78 is 5.08. The lowest BCUT2D eigenvalue weighted by Gasteiger charge is -2.55. The van der Waals surface area contributed by atoms with Gasteiger partial charge in [-0.1, -0.05) is 6.92 Å². The van der Waals surface area contributed by atoms with Crippen LogP contribution in [0.2, 0.25) is 0 Å². The van der Waals surface area contributed by atoms with Crippen LogP contribution in [-0.2, 0) is 9.53 Å². The molecule has 0 aromatic rings. The van der Waals surface area contributed by atoms with Crippen LogP contribution in [0.3, 0.4) is 0 Å². The lowest BCUT2D eigenvalue weighted by molar-refractivity contribution is -0.143. The molecule has 0 aromatic carbocycles. The Morgan fingerprint density at radius 1 is 1.24 bits per heavy atom. The molecule has 100 valence electrons. The fraction of sp³-hybridized carbons (Fsp3) is 0.929. The highest BCUT2D eigenvalue weighted by molar-refractivity contribution is 5.65. The van der Waals surface area contributed by atoms with Crippen molar-refractivity contribution in [1.82, 2.24) is 4.90 Å². The molecule has 0 amide bonds. The molecule has 0 unspecified atom stereocenters. The number of piperidine rings is 1. The summed E-state index contributed by atoms with van der Waals surface area (Å²) in [5.74, 6) is 0.566. The number of nitrogens with zero attached hydrogens (tertiary/aromatic N) is 1. The Balaban J connectivity index is 2.68. The minimum atomic E-state index is -0.189. The fourth-order valence-corrected chi connectivity index (χ4v) is 3.70. The Labute approximate surface area is 106 Å². The minimum Gasteiger partial charge on any atom is -0.465 e. The predicted molar refractivity (Wildman–Crippen MR) is 69.9 cm³/mol. The number of rotatable bonds is 3. The van der Waals surface area contributed by atoms with Gasteiger partial charge in [-0.25, -0.2) is 0 Å². The topological polar surface area (TPSA) is 29.5 Å². The first kappa shape index (κ1) is 14.5. The van der Waals surface area contributed by atoms with Gasteiger partial charge in [0.1, 0.15) is 6.61 Å². The maximum absolute atomic E-state index is 10.8. The largest absolute Gasteiger partial charge is 0.465 e. The molecule has 0 atom stereocenters. The highest BCUT2D eigenvalue weighted by Gasteiger charge is 2.43. The molecular formula is C14H27NO2. The second kappa shape index (κ2) is 4.97. The monoisotopic (exact) mass is 241 g/mol. The van der Waals surface area contributed by atoms with Crippen LogP contribution >= 0.6 is 0 Å². The van der Waals surface area contributed by atoms with Gasteiger partial charge in [-0.15, -0.1) is 0 Å². The molecule has 1 saturated heterocycles. The number of carbonyl (C=O) groups is 1. The molecule has 1 aliphatic heterocycles. The third-order valence-electron chi connectivity index (χ3n) is 3.78. The van der Waals surface area contributed by atoms with Crippen LogP contribution < -0.4 is 0 Å². The average Bonchev–Trinajstić information content (AvgIpc) is 2.06. The first-order valence-electron chi connectivity index (χ1n) is 6.56. The summed E-state index contributed by atoms with van der Waals surface area (Å²) in [5, 5.41) is 0. The van der Waals surface area contributed by atoms with E-state index < -0.39 is 0 Å². The Kier molecular flexibility index (Phi) is 4.23. The molecule has 0 saturated carbocycles. The van der Waals surface area contributed by atoms with Crippen molar-refractivity contribution >= 4 is 5.97 Å². The summed E-state index contributed by atoms with van der Waals surface area (Å²) in [6, 6.07) is 0. The van der Waals surface area contributed by atoms with Crippen LogP contribution in [0, 0.1) is 5.92 Å². The van der Waals surface area contributed by atoms with Crippen molar-refractivity contribution in [3.8, 4) is 0 Å². The van der Waals surface area contributed by atoms with Crippen LogP contribution in [0.25, 0.3) is 0 Å². The zero-order valence-corrected chi connectivity index (χ0v) is 12.2. The fourth-order valence-electron chi connectivity index (χ4n) is 3.70. The van der Waals surface area contributed by atoms with E-state index in [0.29, 0.717) is 6.61 Å². The van der Waals surface area contributed by atoms with Crippen LogP contribution in [-0.4, -0.2) is 35.1 Å². The quantitative estimate of drug-likeness (QED) is 0.712. The van der Waals surface area contributed by atoms with E-state index >= 15 is 0 Å². The van der Waals surface area contributed by atoms with Crippen LogP contribution in [0.1, 0.15) is 54.4 Å². The van der Waals surface area contributed by atoms with Crippen LogP contribution in [0.4, 0.5) is 0 Å². The van der Waals surface area contributed by atoms with E-state index in [9.17, 15) is 4.79 Å². The summed E-state index contributed by atoms with van der Waals surface area (Å²) in [6.07, 6.45) is 2.41. The lowest BCUT2D eigenvalue weighted by atomic mass is 9.74. The average molecular weight is 241 g/mol. The Bertz CT molecular complexity index is 266.